The first-order valence-electron chi connectivity index (χ1n) is 10.2. The number of aromatic amines is 1. The predicted molar refractivity (Wildman–Crippen MR) is 135 cm³/mol. The first-order chi connectivity index (χ1) is 16.5. The minimum atomic E-state index is -0.534. The molecule has 4 rings (SSSR count). The van der Waals surface area contributed by atoms with Crippen molar-refractivity contribution in [3.63, 3.8) is 0 Å². The number of nitriles is 2. The normalized spacial score (nSPS) is 10.5. The first-order valence-corrected chi connectivity index (χ1v) is 12.4. The Morgan fingerprint density at radius 2 is 1.74 bits per heavy atom. The molecule has 0 amide bonds. The van der Waals surface area contributed by atoms with Crippen molar-refractivity contribution in [2.75, 3.05) is 6.61 Å². The Kier molecular flexibility index (Phi) is 7.34. The molecule has 0 aliphatic rings. The van der Waals surface area contributed by atoms with Crippen molar-refractivity contribution >= 4 is 34.7 Å². The van der Waals surface area contributed by atoms with Crippen LogP contribution in [0.2, 0.25) is 5.02 Å². The Balaban J connectivity index is 1.65. The van der Waals surface area contributed by atoms with Gasteiger partial charge < -0.3 is 9.72 Å². The topological polar surface area (TPSA) is 103 Å². The van der Waals surface area contributed by atoms with Crippen LogP contribution in [0.1, 0.15) is 23.7 Å². The van der Waals surface area contributed by atoms with Crippen LogP contribution < -0.4 is 10.3 Å². The summed E-state index contributed by atoms with van der Waals surface area (Å²) >= 11 is 8.77. The van der Waals surface area contributed by atoms with E-state index in [9.17, 15) is 15.3 Å². The molecule has 34 heavy (non-hydrogen) atoms. The van der Waals surface area contributed by atoms with E-state index in [-0.39, 0.29) is 11.1 Å². The van der Waals surface area contributed by atoms with Crippen LogP contribution in [0.15, 0.2) is 63.7 Å². The number of rotatable bonds is 7. The molecule has 0 saturated carbocycles. The Labute approximate surface area is 209 Å². The maximum absolute atomic E-state index is 12.7. The van der Waals surface area contributed by atoms with Gasteiger partial charge in [-0.05, 0) is 36.8 Å². The van der Waals surface area contributed by atoms with Gasteiger partial charge in [0.25, 0.3) is 5.56 Å². The standard InChI is InChI=1S/C25H17ClN4O2S2/c1-2-32-19-9-5-15(6-10-19)22-20(11-27)23(31)30-25(21(22)12-28)34-14-18-13-33-24(29-18)16-3-7-17(26)8-4-16/h3-10,13H,2,14H2,1H3,(H,30,31). The molecule has 168 valence electrons. The molecule has 2 aromatic carbocycles. The number of halogens is 1. The molecule has 0 saturated heterocycles. The molecule has 4 aromatic rings. The number of benzene rings is 2. The van der Waals surface area contributed by atoms with E-state index in [2.05, 4.69) is 16.0 Å². The van der Waals surface area contributed by atoms with Gasteiger partial charge in [0.1, 0.15) is 28.5 Å². The van der Waals surface area contributed by atoms with Crippen LogP contribution in [0.5, 0.6) is 5.75 Å². The summed E-state index contributed by atoms with van der Waals surface area (Å²) in [7, 11) is 0. The van der Waals surface area contributed by atoms with Crippen molar-refractivity contribution in [2.45, 2.75) is 17.7 Å². The highest BCUT2D eigenvalue weighted by atomic mass is 35.5. The van der Waals surface area contributed by atoms with Crippen LogP contribution in [0.3, 0.4) is 0 Å². The molecular weight excluding hydrogens is 488 g/mol. The lowest BCUT2D eigenvalue weighted by atomic mass is 9.97. The van der Waals surface area contributed by atoms with E-state index >= 15 is 0 Å². The Morgan fingerprint density at radius 1 is 1.06 bits per heavy atom. The molecule has 6 nitrogen and oxygen atoms in total. The molecule has 0 spiro atoms. The lowest BCUT2D eigenvalue weighted by molar-refractivity contribution is 0.340. The summed E-state index contributed by atoms with van der Waals surface area (Å²) in [5, 5.41) is 23.4. The monoisotopic (exact) mass is 504 g/mol. The van der Waals surface area contributed by atoms with Gasteiger partial charge in [-0.2, -0.15) is 10.5 Å². The van der Waals surface area contributed by atoms with E-state index in [0.717, 1.165) is 16.3 Å². The van der Waals surface area contributed by atoms with Crippen LogP contribution in [0.25, 0.3) is 21.7 Å². The molecule has 1 N–H and O–H groups in total. The predicted octanol–water partition coefficient (Wildman–Crippen LogP) is 6.25. The average Bonchev–Trinajstić information content (AvgIpc) is 3.32. The van der Waals surface area contributed by atoms with E-state index in [4.69, 9.17) is 16.3 Å². The molecule has 0 atom stereocenters. The number of aromatic nitrogens is 2. The first kappa shape index (κ1) is 23.6. The van der Waals surface area contributed by atoms with Gasteiger partial charge in [-0.3, -0.25) is 4.79 Å². The molecule has 2 heterocycles. The number of ether oxygens (including phenoxy) is 1. The van der Waals surface area contributed by atoms with E-state index in [1.807, 2.05) is 42.6 Å². The minimum Gasteiger partial charge on any atom is -0.494 e. The summed E-state index contributed by atoms with van der Waals surface area (Å²) in [4.78, 5) is 20.0. The third kappa shape index (κ3) is 5.00. The fourth-order valence-electron chi connectivity index (χ4n) is 3.32. The molecule has 0 fully saturated rings. The highest BCUT2D eigenvalue weighted by Crippen LogP contribution is 2.34. The van der Waals surface area contributed by atoms with Crippen molar-refractivity contribution in [1.29, 1.82) is 10.5 Å². The maximum atomic E-state index is 12.7. The van der Waals surface area contributed by atoms with Gasteiger partial charge in [-0.15, -0.1) is 23.1 Å². The van der Waals surface area contributed by atoms with E-state index in [0.29, 0.717) is 39.3 Å². The number of nitrogens with one attached hydrogen (secondary N) is 1. The van der Waals surface area contributed by atoms with E-state index in [1.165, 1.54) is 23.1 Å². The fourth-order valence-corrected chi connectivity index (χ4v) is 5.27. The van der Waals surface area contributed by atoms with Gasteiger partial charge in [0, 0.05) is 27.3 Å². The van der Waals surface area contributed by atoms with Gasteiger partial charge in [-0.1, -0.05) is 35.9 Å². The average molecular weight is 505 g/mol. The lowest BCUT2D eigenvalue weighted by Crippen LogP contribution is -2.15. The summed E-state index contributed by atoms with van der Waals surface area (Å²) in [6.07, 6.45) is 0. The number of hydrogen-bond donors (Lipinski definition) is 1. The number of H-pyrrole nitrogens is 1. The molecule has 0 aliphatic carbocycles. The minimum absolute atomic E-state index is 0.0938. The molecule has 0 radical (unpaired) electrons. The number of pyridine rings is 1. The molecule has 0 unspecified atom stereocenters. The summed E-state index contributed by atoms with van der Waals surface area (Å²) in [6.45, 7) is 2.41. The highest BCUT2D eigenvalue weighted by molar-refractivity contribution is 7.98. The molecule has 2 aromatic heterocycles. The van der Waals surface area contributed by atoms with Crippen LogP contribution in [0, 0.1) is 22.7 Å². The highest BCUT2D eigenvalue weighted by Gasteiger charge is 2.20. The summed E-state index contributed by atoms with van der Waals surface area (Å²) < 4.78 is 5.47. The third-order valence-corrected chi connectivity index (χ3v) is 7.09. The van der Waals surface area contributed by atoms with Gasteiger partial charge in [-0.25, -0.2) is 4.98 Å². The number of thiazole rings is 1. The van der Waals surface area contributed by atoms with Crippen molar-refractivity contribution in [3.05, 3.63) is 86.1 Å². The van der Waals surface area contributed by atoms with Crippen LogP contribution in [-0.4, -0.2) is 16.6 Å². The largest absolute Gasteiger partial charge is 0.494 e. The fraction of sp³-hybridized carbons (Fsp3) is 0.120. The number of nitrogens with zero attached hydrogens (tertiary/aromatic N) is 3. The van der Waals surface area contributed by atoms with Gasteiger partial charge >= 0.3 is 0 Å². The smallest absolute Gasteiger partial charge is 0.267 e. The Bertz CT molecular complexity index is 1460. The lowest BCUT2D eigenvalue weighted by Gasteiger charge is -2.11. The van der Waals surface area contributed by atoms with Crippen molar-refractivity contribution in [1.82, 2.24) is 9.97 Å². The SMILES string of the molecule is CCOc1ccc(-c2c(C#N)c(SCc3csc(-c4ccc(Cl)cc4)n3)[nH]c(=O)c2C#N)cc1. The molecule has 9 heteroatoms. The summed E-state index contributed by atoms with van der Waals surface area (Å²) in [6, 6.07) is 18.6. The van der Waals surface area contributed by atoms with Crippen molar-refractivity contribution in [2.24, 2.45) is 0 Å². The second-order valence-corrected chi connectivity index (χ2v) is 9.31. The van der Waals surface area contributed by atoms with E-state index in [1.54, 1.807) is 24.3 Å². The maximum Gasteiger partial charge on any atom is 0.267 e. The second kappa shape index (κ2) is 10.6. The molecule has 0 aliphatic heterocycles. The zero-order valence-electron chi connectivity index (χ0n) is 18.0. The number of thioether (sulfide) groups is 1. The Hall–Kier alpha value is -3.56. The number of hydrogen-bond acceptors (Lipinski definition) is 7. The zero-order chi connectivity index (χ0) is 24.1. The second-order valence-electron chi connectivity index (χ2n) is 7.03. The van der Waals surface area contributed by atoms with E-state index < -0.39 is 5.56 Å². The van der Waals surface area contributed by atoms with Crippen LogP contribution >= 0.6 is 34.7 Å². The Morgan fingerprint density at radius 3 is 2.38 bits per heavy atom. The zero-order valence-corrected chi connectivity index (χ0v) is 20.4. The summed E-state index contributed by atoms with van der Waals surface area (Å²) in [5.41, 5.74) is 2.32. The molecule has 0 bridgehead atoms. The van der Waals surface area contributed by atoms with Crippen molar-refractivity contribution < 1.29 is 4.74 Å². The molecular formula is C25H17ClN4O2S2. The van der Waals surface area contributed by atoms with Crippen LogP contribution in [-0.2, 0) is 5.75 Å². The van der Waals surface area contributed by atoms with Gasteiger partial charge in [0.05, 0.1) is 22.9 Å². The third-order valence-electron chi connectivity index (χ3n) is 4.87. The summed E-state index contributed by atoms with van der Waals surface area (Å²) in [5.74, 6) is 1.12. The van der Waals surface area contributed by atoms with Crippen molar-refractivity contribution in [3.8, 4) is 39.6 Å². The van der Waals surface area contributed by atoms with Crippen LogP contribution in [0.4, 0.5) is 0 Å². The quantitative estimate of drug-likeness (QED) is 0.298. The van der Waals surface area contributed by atoms with Gasteiger partial charge in [0.15, 0.2) is 0 Å². The van der Waals surface area contributed by atoms with Gasteiger partial charge in [0.2, 0.25) is 0 Å².